The Hall–Kier alpha value is -2.30. The van der Waals surface area contributed by atoms with Crippen molar-refractivity contribution in [3.63, 3.8) is 0 Å². The van der Waals surface area contributed by atoms with E-state index in [9.17, 15) is 0 Å². The zero-order chi connectivity index (χ0) is 15.4. The Bertz CT molecular complexity index is 606. The maximum atomic E-state index is 6.28. The second kappa shape index (κ2) is 6.64. The number of hydrogen-bond donors (Lipinski definition) is 2. The van der Waals surface area contributed by atoms with E-state index in [2.05, 4.69) is 39.2 Å². The van der Waals surface area contributed by atoms with Gasteiger partial charge in [0.2, 0.25) is 0 Å². The Morgan fingerprint density at radius 1 is 1.18 bits per heavy atom. The Kier molecular flexibility index (Phi) is 4.42. The van der Waals surface area contributed by atoms with Crippen LogP contribution in [0.25, 0.3) is 0 Å². The van der Waals surface area contributed by atoms with Gasteiger partial charge in [0.15, 0.2) is 11.6 Å². The average molecular weight is 297 g/mol. The molecule has 1 aliphatic rings. The number of nitrogens with two attached hydrogens (primary N) is 1. The Labute approximate surface area is 131 Å². The summed E-state index contributed by atoms with van der Waals surface area (Å²) >= 11 is 0. The van der Waals surface area contributed by atoms with Crippen molar-refractivity contribution in [3.8, 4) is 0 Å². The van der Waals surface area contributed by atoms with Gasteiger partial charge < -0.3 is 16.0 Å². The second-order valence-corrected chi connectivity index (χ2v) is 5.97. The van der Waals surface area contributed by atoms with E-state index in [1.54, 1.807) is 6.33 Å². The summed E-state index contributed by atoms with van der Waals surface area (Å²) in [6.45, 7) is 5.03. The van der Waals surface area contributed by atoms with Crippen LogP contribution >= 0.6 is 0 Å². The maximum Gasteiger partial charge on any atom is 0.157 e. The number of nitrogens with zero attached hydrogens (tertiary/aromatic N) is 3. The van der Waals surface area contributed by atoms with E-state index in [0.717, 1.165) is 24.8 Å². The first-order chi connectivity index (χ1) is 10.7. The van der Waals surface area contributed by atoms with Crippen molar-refractivity contribution in [1.82, 2.24) is 9.97 Å². The van der Waals surface area contributed by atoms with Gasteiger partial charge in [0.05, 0.1) is 0 Å². The summed E-state index contributed by atoms with van der Waals surface area (Å²) < 4.78 is 0. The fourth-order valence-corrected chi connectivity index (χ4v) is 2.78. The zero-order valence-corrected chi connectivity index (χ0v) is 13.0. The molecule has 1 saturated heterocycles. The van der Waals surface area contributed by atoms with Gasteiger partial charge in [-0.05, 0) is 24.3 Å². The third-order valence-corrected chi connectivity index (χ3v) is 4.25. The minimum absolute atomic E-state index is 0.646. The lowest BCUT2D eigenvalue weighted by Crippen LogP contribution is -2.34. The standard InChI is InChI=1S/C17H23N5/c1-13-7-9-22(10-8-13)17-15(18)16(20-12-21-17)19-11-14-5-3-2-4-6-14/h2-6,12-13H,7-11,18H2,1H3,(H,19,20,21). The van der Waals surface area contributed by atoms with Gasteiger partial charge in [0.25, 0.3) is 0 Å². The number of hydrogen-bond acceptors (Lipinski definition) is 5. The molecule has 2 heterocycles. The molecule has 0 amide bonds. The van der Waals surface area contributed by atoms with Crippen molar-refractivity contribution >= 4 is 17.3 Å². The van der Waals surface area contributed by atoms with Crippen LogP contribution in [0.3, 0.4) is 0 Å². The summed E-state index contributed by atoms with van der Waals surface area (Å²) in [5.74, 6) is 2.36. The highest BCUT2D eigenvalue weighted by atomic mass is 15.2. The molecule has 3 rings (SSSR count). The fourth-order valence-electron chi connectivity index (χ4n) is 2.78. The van der Waals surface area contributed by atoms with E-state index in [1.165, 1.54) is 18.4 Å². The molecule has 2 aromatic rings. The molecule has 0 atom stereocenters. The van der Waals surface area contributed by atoms with Crippen molar-refractivity contribution in [2.24, 2.45) is 5.92 Å². The molecule has 0 aliphatic carbocycles. The molecule has 22 heavy (non-hydrogen) atoms. The van der Waals surface area contributed by atoms with Gasteiger partial charge in [-0.3, -0.25) is 0 Å². The molecule has 3 N–H and O–H groups in total. The molecule has 5 nitrogen and oxygen atoms in total. The van der Waals surface area contributed by atoms with Gasteiger partial charge in [-0.2, -0.15) is 0 Å². The SMILES string of the molecule is CC1CCN(c2ncnc(NCc3ccccc3)c2N)CC1. The Morgan fingerprint density at radius 2 is 1.91 bits per heavy atom. The molecular formula is C17H23N5. The first-order valence-corrected chi connectivity index (χ1v) is 7.87. The molecule has 5 heteroatoms. The van der Waals surface area contributed by atoms with E-state index in [-0.39, 0.29) is 0 Å². The normalized spacial score (nSPS) is 15.8. The van der Waals surface area contributed by atoms with Crippen LogP contribution in [0, 0.1) is 5.92 Å². The quantitative estimate of drug-likeness (QED) is 0.908. The lowest BCUT2D eigenvalue weighted by atomic mass is 9.99. The summed E-state index contributed by atoms with van der Waals surface area (Å²) in [7, 11) is 0. The summed E-state index contributed by atoms with van der Waals surface area (Å²) in [5.41, 5.74) is 8.13. The molecule has 0 bridgehead atoms. The average Bonchev–Trinajstić information content (AvgIpc) is 2.56. The number of nitrogen functional groups attached to an aromatic ring is 1. The number of piperidine rings is 1. The largest absolute Gasteiger partial charge is 0.393 e. The fraction of sp³-hybridized carbons (Fsp3) is 0.412. The van der Waals surface area contributed by atoms with Gasteiger partial charge in [-0.15, -0.1) is 0 Å². The predicted molar refractivity (Wildman–Crippen MR) is 90.8 cm³/mol. The van der Waals surface area contributed by atoms with Crippen molar-refractivity contribution in [1.29, 1.82) is 0 Å². The first kappa shape index (κ1) is 14.6. The van der Waals surface area contributed by atoms with Crippen molar-refractivity contribution in [3.05, 3.63) is 42.2 Å². The van der Waals surface area contributed by atoms with Gasteiger partial charge >= 0.3 is 0 Å². The van der Waals surface area contributed by atoms with Crippen molar-refractivity contribution < 1.29 is 0 Å². The number of anilines is 3. The summed E-state index contributed by atoms with van der Waals surface area (Å²) in [6.07, 6.45) is 3.98. The van der Waals surface area contributed by atoms with Crippen LogP contribution in [0.1, 0.15) is 25.3 Å². The van der Waals surface area contributed by atoms with E-state index in [0.29, 0.717) is 18.1 Å². The Morgan fingerprint density at radius 3 is 2.64 bits per heavy atom. The number of nitrogens with one attached hydrogen (secondary N) is 1. The van der Waals surface area contributed by atoms with Crippen LogP contribution in [0.2, 0.25) is 0 Å². The van der Waals surface area contributed by atoms with Crippen molar-refractivity contribution in [2.45, 2.75) is 26.3 Å². The third-order valence-electron chi connectivity index (χ3n) is 4.25. The molecule has 1 aromatic carbocycles. The van der Waals surface area contributed by atoms with Gasteiger partial charge in [-0.1, -0.05) is 37.3 Å². The highest BCUT2D eigenvalue weighted by molar-refractivity contribution is 5.75. The maximum absolute atomic E-state index is 6.28. The lowest BCUT2D eigenvalue weighted by Gasteiger charge is -2.32. The van der Waals surface area contributed by atoms with Crippen LogP contribution in [-0.4, -0.2) is 23.1 Å². The number of rotatable bonds is 4. The van der Waals surface area contributed by atoms with Crippen LogP contribution in [0.15, 0.2) is 36.7 Å². The molecule has 0 unspecified atom stereocenters. The number of aromatic nitrogens is 2. The van der Waals surface area contributed by atoms with Gasteiger partial charge in [0, 0.05) is 19.6 Å². The zero-order valence-electron chi connectivity index (χ0n) is 13.0. The summed E-state index contributed by atoms with van der Waals surface area (Å²) in [5, 5.41) is 3.31. The van der Waals surface area contributed by atoms with Gasteiger partial charge in [0.1, 0.15) is 12.0 Å². The van der Waals surface area contributed by atoms with E-state index < -0.39 is 0 Å². The monoisotopic (exact) mass is 297 g/mol. The summed E-state index contributed by atoms with van der Waals surface area (Å²) in [6, 6.07) is 10.2. The topological polar surface area (TPSA) is 67.1 Å². The van der Waals surface area contributed by atoms with Crippen LogP contribution in [0.4, 0.5) is 17.3 Å². The minimum atomic E-state index is 0.646. The highest BCUT2D eigenvalue weighted by Gasteiger charge is 2.20. The third kappa shape index (κ3) is 3.30. The molecular weight excluding hydrogens is 274 g/mol. The predicted octanol–water partition coefficient (Wildman–Crippen LogP) is 2.91. The summed E-state index contributed by atoms with van der Waals surface area (Å²) in [4.78, 5) is 11.0. The Balaban J connectivity index is 1.71. The molecule has 1 aromatic heterocycles. The van der Waals surface area contributed by atoms with E-state index in [4.69, 9.17) is 5.73 Å². The molecule has 116 valence electrons. The van der Waals surface area contributed by atoms with Crippen LogP contribution < -0.4 is 16.0 Å². The molecule has 0 radical (unpaired) electrons. The van der Waals surface area contributed by atoms with Crippen molar-refractivity contribution in [2.75, 3.05) is 29.0 Å². The number of benzene rings is 1. The smallest absolute Gasteiger partial charge is 0.157 e. The highest BCUT2D eigenvalue weighted by Crippen LogP contribution is 2.29. The van der Waals surface area contributed by atoms with Gasteiger partial charge in [-0.25, -0.2) is 9.97 Å². The second-order valence-electron chi connectivity index (χ2n) is 5.97. The molecule has 1 aliphatic heterocycles. The van der Waals surface area contributed by atoms with Crippen LogP contribution in [-0.2, 0) is 6.54 Å². The first-order valence-electron chi connectivity index (χ1n) is 7.87. The molecule has 0 saturated carbocycles. The molecule has 1 fully saturated rings. The van der Waals surface area contributed by atoms with Crippen LogP contribution in [0.5, 0.6) is 0 Å². The van der Waals surface area contributed by atoms with E-state index >= 15 is 0 Å². The van der Waals surface area contributed by atoms with E-state index in [1.807, 2.05) is 18.2 Å². The lowest BCUT2D eigenvalue weighted by molar-refractivity contribution is 0.437. The molecule has 0 spiro atoms. The minimum Gasteiger partial charge on any atom is -0.393 e.